The van der Waals surface area contributed by atoms with Gasteiger partial charge in [-0.15, -0.1) is 0 Å². The number of amides is 1. The molecule has 106 valence electrons. The van der Waals surface area contributed by atoms with Crippen LogP contribution in [-0.2, 0) is 4.79 Å². The molecule has 3 N–H and O–H groups in total. The highest BCUT2D eigenvalue weighted by atomic mass is 16.3. The van der Waals surface area contributed by atoms with Crippen LogP contribution >= 0.6 is 0 Å². The maximum absolute atomic E-state index is 11.9. The highest BCUT2D eigenvalue weighted by Crippen LogP contribution is 2.30. The van der Waals surface area contributed by atoms with Gasteiger partial charge in [-0.05, 0) is 32.7 Å². The molecule has 0 aliphatic heterocycles. The van der Waals surface area contributed by atoms with Crippen LogP contribution in [0.15, 0.2) is 0 Å². The summed E-state index contributed by atoms with van der Waals surface area (Å²) in [5.41, 5.74) is 0.00566. The summed E-state index contributed by atoms with van der Waals surface area (Å²) >= 11 is 0. The van der Waals surface area contributed by atoms with Crippen LogP contribution in [0.1, 0.15) is 58.3 Å². The summed E-state index contributed by atoms with van der Waals surface area (Å²) in [5.74, 6) is 0.106. The zero-order valence-electron chi connectivity index (χ0n) is 11.8. The molecule has 1 aliphatic rings. The van der Waals surface area contributed by atoms with Crippen LogP contribution < -0.4 is 10.6 Å². The van der Waals surface area contributed by atoms with Crippen LogP contribution in [0.5, 0.6) is 0 Å². The van der Waals surface area contributed by atoms with Gasteiger partial charge in [-0.2, -0.15) is 0 Å². The summed E-state index contributed by atoms with van der Waals surface area (Å²) in [5, 5.41) is 15.7. The average Bonchev–Trinajstić information content (AvgIpc) is 2.39. The van der Waals surface area contributed by atoms with Crippen LogP contribution in [-0.4, -0.2) is 36.2 Å². The number of carbonyl (C=O) groups is 1. The van der Waals surface area contributed by atoms with Crippen molar-refractivity contribution in [2.75, 3.05) is 13.6 Å². The molecule has 18 heavy (non-hydrogen) atoms. The summed E-state index contributed by atoms with van der Waals surface area (Å²) in [6, 6.07) is 0. The Kier molecular flexibility index (Phi) is 6.65. The molecule has 4 heteroatoms. The minimum Gasteiger partial charge on any atom is -0.393 e. The number of hydrogen-bond donors (Lipinski definition) is 3. The van der Waals surface area contributed by atoms with Gasteiger partial charge in [0.15, 0.2) is 0 Å². The Labute approximate surface area is 111 Å². The fourth-order valence-corrected chi connectivity index (χ4v) is 2.70. The lowest BCUT2D eigenvalue weighted by Crippen LogP contribution is -2.48. The van der Waals surface area contributed by atoms with Crippen molar-refractivity contribution in [2.24, 2.45) is 0 Å². The highest BCUT2D eigenvalue weighted by molar-refractivity contribution is 5.77. The Balaban J connectivity index is 2.29. The Bertz CT molecular complexity index is 250. The second kappa shape index (κ2) is 7.74. The minimum absolute atomic E-state index is 0.00566. The molecular weight excluding hydrogens is 228 g/mol. The van der Waals surface area contributed by atoms with E-state index in [1.165, 1.54) is 19.3 Å². The SMILES string of the molecule is CCC(O)CCNC(=O)CC1(NC)CCCCC1. The molecule has 0 aromatic rings. The number of aliphatic hydroxyl groups excluding tert-OH is 1. The van der Waals surface area contributed by atoms with Crippen molar-refractivity contribution in [3.8, 4) is 0 Å². The molecule has 0 heterocycles. The van der Waals surface area contributed by atoms with Gasteiger partial charge in [-0.1, -0.05) is 26.2 Å². The van der Waals surface area contributed by atoms with Gasteiger partial charge in [0.25, 0.3) is 0 Å². The number of hydrogen-bond acceptors (Lipinski definition) is 3. The zero-order chi connectivity index (χ0) is 13.4. The van der Waals surface area contributed by atoms with Crippen LogP contribution in [0.2, 0.25) is 0 Å². The second-order valence-corrected chi connectivity index (χ2v) is 5.47. The van der Waals surface area contributed by atoms with E-state index in [0.717, 1.165) is 19.3 Å². The molecule has 0 spiro atoms. The van der Waals surface area contributed by atoms with Crippen molar-refractivity contribution >= 4 is 5.91 Å². The molecule has 0 radical (unpaired) electrons. The fourth-order valence-electron chi connectivity index (χ4n) is 2.70. The molecular formula is C14H28N2O2. The lowest BCUT2D eigenvalue weighted by molar-refractivity contribution is -0.123. The zero-order valence-corrected chi connectivity index (χ0v) is 11.8. The Morgan fingerprint density at radius 1 is 1.33 bits per heavy atom. The van der Waals surface area contributed by atoms with Crippen molar-refractivity contribution < 1.29 is 9.90 Å². The molecule has 0 aromatic heterocycles. The van der Waals surface area contributed by atoms with E-state index < -0.39 is 0 Å². The van der Waals surface area contributed by atoms with Gasteiger partial charge in [-0.25, -0.2) is 0 Å². The lowest BCUT2D eigenvalue weighted by atomic mass is 9.79. The standard InChI is InChI=1S/C14H28N2O2/c1-3-12(17)7-10-16-13(18)11-14(15-2)8-5-4-6-9-14/h12,15,17H,3-11H2,1-2H3,(H,16,18). The van der Waals surface area contributed by atoms with Gasteiger partial charge in [-0.3, -0.25) is 4.79 Å². The third-order valence-electron chi connectivity index (χ3n) is 4.11. The van der Waals surface area contributed by atoms with Crippen LogP contribution in [0.3, 0.4) is 0 Å². The van der Waals surface area contributed by atoms with Gasteiger partial charge >= 0.3 is 0 Å². The summed E-state index contributed by atoms with van der Waals surface area (Å²) < 4.78 is 0. The normalized spacial score (nSPS) is 20.4. The van der Waals surface area contributed by atoms with E-state index in [2.05, 4.69) is 10.6 Å². The molecule has 1 aliphatic carbocycles. The Morgan fingerprint density at radius 3 is 2.56 bits per heavy atom. The molecule has 0 bridgehead atoms. The van der Waals surface area contributed by atoms with Crippen molar-refractivity contribution in [1.82, 2.24) is 10.6 Å². The minimum atomic E-state index is -0.293. The Morgan fingerprint density at radius 2 is 2.00 bits per heavy atom. The highest BCUT2D eigenvalue weighted by Gasteiger charge is 2.32. The van der Waals surface area contributed by atoms with E-state index in [0.29, 0.717) is 19.4 Å². The summed E-state index contributed by atoms with van der Waals surface area (Å²) in [6.07, 6.45) is 7.55. The first-order valence-electron chi connectivity index (χ1n) is 7.25. The van der Waals surface area contributed by atoms with E-state index in [1.807, 2.05) is 14.0 Å². The molecule has 0 aromatic carbocycles. The molecule has 1 saturated carbocycles. The summed E-state index contributed by atoms with van der Waals surface area (Å²) in [7, 11) is 1.96. The molecule has 4 nitrogen and oxygen atoms in total. The van der Waals surface area contributed by atoms with Gasteiger partial charge < -0.3 is 15.7 Å². The fraction of sp³-hybridized carbons (Fsp3) is 0.929. The predicted octanol–water partition coefficient (Wildman–Crippen LogP) is 1.58. The number of aliphatic hydroxyl groups is 1. The van der Waals surface area contributed by atoms with Crippen LogP contribution in [0.25, 0.3) is 0 Å². The summed E-state index contributed by atoms with van der Waals surface area (Å²) in [4.78, 5) is 11.9. The third-order valence-corrected chi connectivity index (χ3v) is 4.11. The van der Waals surface area contributed by atoms with Crippen molar-refractivity contribution in [3.05, 3.63) is 0 Å². The maximum Gasteiger partial charge on any atom is 0.221 e. The van der Waals surface area contributed by atoms with E-state index in [-0.39, 0.29) is 17.6 Å². The largest absolute Gasteiger partial charge is 0.393 e. The second-order valence-electron chi connectivity index (χ2n) is 5.47. The molecule has 1 rings (SSSR count). The van der Waals surface area contributed by atoms with Crippen molar-refractivity contribution in [1.29, 1.82) is 0 Å². The third kappa shape index (κ3) is 4.94. The first-order chi connectivity index (χ1) is 8.62. The van der Waals surface area contributed by atoms with E-state index in [9.17, 15) is 9.90 Å². The van der Waals surface area contributed by atoms with E-state index in [1.54, 1.807) is 0 Å². The molecule has 0 saturated heterocycles. The first kappa shape index (κ1) is 15.4. The van der Waals surface area contributed by atoms with Crippen molar-refractivity contribution in [2.45, 2.75) is 69.9 Å². The van der Waals surface area contributed by atoms with E-state index in [4.69, 9.17) is 0 Å². The quantitative estimate of drug-likeness (QED) is 0.648. The molecule has 1 fully saturated rings. The van der Waals surface area contributed by atoms with Gasteiger partial charge in [0.2, 0.25) is 5.91 Å². The van der Waals surface area contributed by atoms with Gasteiger partial charge in [0, 0.05) is 18.5 Å². The maximum atomic E-state index is 11.9. The predicted molar refractivity (Wildman–Crippen MR) is 73.4 cm³/mol. The summed E-state index contributed by atoms with van der Waals surface area (Å²) in [6.45, 7) is 2.53. The van der Waals surface area contributed by atoms with Crippen LogP contribution in [0.4, 0.5) is 0 Å². The van der Waals surface area contributed by atoms with Gasteiger partial charge in [0.05, 0.1) is 6.10 Å². The molecule has 1 atom stereocenters. The van der Waals surface area contributed by atoms with E-state index >= 15 is 0 Å². The monoisotopic (exact) mass is 256 g/mol. The van der Waals surface area contributed by atoms with Crippen molar-refractivity contribution in [3.63, 3.8) is 0 Å². The average molecular weight is 256 g/mol. The number of nitrogens with one attached hydrogen (secondary N) is 2. The van der Waals surface area contributed by atoms with Gasteiger partial charge in [0.1, 0.15) is 0 Å². The topological polar surface area (TPSA) is 61.4 Å². The molecule has 1 unspecified atom stereocenters. The first-order valence-corrected chi connectivity index (χ1v) is 7.25. The molecule has 1 amide bonds. The number of rotatable bonds is 7. The van der Waals surface area contributed by atoms with Crippen LogP contribution in [0, 0.1) is 0 Å². The number of carbonyl (C=O) groups excluding carboxylic acids is 1. The Hall–Kier alpha value is -0.610. The lowest BCUT2D eigenvalue weighted by Gasteiger charge is -2.36. The smallest absolute Gasteiger partial charge is 0.221 e.